The summed E-state index contributed by atoms with van der Waals surface area (Å²) in [6.45, 7) is 0. The molecule has 2 aromatic carbocycles. The van der Waals surface area contributed by atoms with Gasteiger partial charge in [-0.3, -0.25) is 0 Å². The molecule has 0 saturated heterocycles. The minimum atomic E-state index is -0.543. The predicted molar refractivity (Wildman–Crippen MR) is 97.4 cm³/mol. The van der Waals surface area contributed by atoms with Crippen molar-refractivity contribution in [1.29, 1.82) is 0 Å². The minimum absolute atomic E-state index is 0.345. The summed E-state index contributed by atoms with van der Waals surface area (Å²) in [5.41, 5.74) is 3.26. The van der Waals surface area contributed by atoms with Crippen molar-refractivity contribution in [3.05, 3.63) is 53.1 Å². The molecule has 2 aromatic rings. The van der Waals surface area contributed by atoms with Crippen molar-refractivity contribution < 1.29 is 23.8 Å². The number of benzene rings is 2. The minimum Gasteiger partial charge on any atom is -0.497 e. The molecule has 0 N–H and O–H groups in total. The predicted octanol–water partition coefficient (Wildman–Crippen LogP) is 3.61. The van der Waals surface area contributed by atoms with Crippen LogP contribution in [0, 0.1) is 0 Å². The van der Waals surface area contributed by atoms with Crippen molar-refractivity contribution in [3.63, 3.8) is 0 Å². The van der Waals surface area contributed by atoms with Crippen LogP contribution >= 0.6 is 0 Å². The van der Waals surface area contributed by atoms with Crippen LogP contribution in [-0.4, -0.2) is 33.0 Å². The van der Waals surface area contributed by atoms with E-state index in [9.17, 15) is 4.79 Å². The van der Waals surface area contributed by atoms with E-state index in [-0.39, 0.29) is 0 Å². The zero-order valence-electron chi connectivity index (χ0n) is 15.1. The molecule has 0 saturated carbocycles. The van der Waals surface area contributed by atoms with Crippen molar-refractivity contribution >= 4 is 11.7 Å². The number of ether oxygens (including phenoxy) is 3. The molecule has 0 aromatic heterocycles. The molecule has 136 valence electrons. The van der Waals surface area contributed by atoms with Crippen molar-refractivity contribution in [2.24, 2.45) is 5.16 Å². The lowest BCUT2D eigenvalue weighted by Crippen LogP contribution is -2.13. The second-order valence-corrected chi connectivity index (χ2v) is 5.86. The Hall–Kier alpha value is -3.02. The molecule has 1 aliphatic rings. The van der Waals surface area contributed by atoms with Gasteiger partial charge >= 0.3 is 5.97 Å². The lowest BCUT2D eigenvalue weighted by Gasteiger charge is -2.18. The Morgan fingerprint density at radius 2 is 1.73 bits per heavy atom. The van der Waals surface area contributed by atoms with Gasteiger partial charge in [-0.05, 0) is 61.2 Å². The average molecular weight is 355 g/mol. The molecule has 0 aliphatic heterocycles. The summed E-state index contributed by atoms with van der Waals surface area (Å²) in [6.07, 6.45) is 2.67. The maximum Gasteiger partial charge on any atom is 0.365 e. The van der Waals surface area contributed by atoms with Crippen LogP contribution < -0.4 is 14.2 Å². The normalized spacial score (nSPS) is 14.5. The van der Waals surface area contributed by atoms with Gasteiger partial charge in [-0.25, -0.2) is 4.79 Å². The Bertz CT molecular complexity index is 844. The molecule has 6 nitrogen and oxygen atoms in total. The van der Waals surface area contributed by atoms with Crippen molar-refractivity contribution in [3.8, 4) is 17.2 Å². The van der Waals surface area contributed by atoms with Crippen LogP contribution in [0.25, 0.3) is 0 Å². The summed E-state index contributed by atoms with van der Waals surface area (Å²) in [6, 6.07) is 10.7. The monoisotopic (exact) mass is 355 g/mol. The van der Waals surface area contributed by atoms with Gasteiger partial charge in [0.05, 0.1) is 32.6 Å². The fraction of sp³-hybridized carbons (Fsp3) is 0.300. The first kappa shape index (κ1) is 17.8. The zero-order valence-corrected chi connectivity index (χ0v) is 15.1. The molecule has 0 heterocycles. The van der Waals surface area contributed by atoms with Crippen LogP contribution in [0.2, 0.25) is 0 Å². The lowest BCUT2D eigenvalue weighted by atomic mass is 9.90. The summed E-state index contributed by atoms with van der Waals surface area (Å²) in [5, 5.41) is 4.11. The van der Waals surface area contributed by atoms with Crippen LogP contribution in [0.4, 0.5) is 0 Å². The Labute approximate surface area is 152 Å². The third-order valence-electron chi connectivity index (χ3n) is 4.34. The van der Waals surface area contributed by atoms with Crippen molar-refractivity contribution in [2.45, 2.75) is 19.3 Å². The Morgan fingerprint density at radius 3 is 2.46 bits per heavy atom. The van der Waals surface area contributed by atoms with E-state index >= 15 is 0 Å². The van der Waals surface area contributed by atoms with Gasteiger partial charge in [-0.1, -0.05) is 5.16 Å². The fourth-order valence-corrected chi connectivity index (χ4v) is 2.97. The highest BCUT2D eigenvalue weighted by atomic mass is 16.7. The summed E-state index contributed by atoms with van der Waals surface area (Å²) < 4.78 is 15.6. The molecule has 0 amide bonds. The van der Waals surface area contributed by atoms with Gasteiger partial charge in [0.25, 0.3) is 0 Å². The van der Waals surface area contributed by atoms with E-state index in [1.165, 1.54) is 14.2 Å². The van der Waals surface area contributed by atoms with E-state index in [2.05, 4.69) is 5.16 Å². The van der Waals surface area contributed by atoms with Gasteiger partial charge in [0.2, 0.25) is 0 Å². The van der Waals surface area contributed by atoms with E-state index in [4.69, 9.17) is 19.0 Å². The van der Waals surface area contributed by atoms with Crippen molar-refractivity contribution in [2.75, 3.05) is 21.3 Å². The molecule has 0 radical (unpaired) electrons. The fourth-order valence-electron chi connectivity index (χ4n) is 2.97. The molecule has 3 rings (SSSR count). The second kappa shape index (κ2) is 7.91. The van der Waals surface area contributed by atoms with E-state index in [0.717, 1.165) is 41.9 Å². The molecule has 0 bridgehead atoms. The Kier molecular flexibility index (Phi) is 5.41. The standard InChI is InChI=1S/C20H21NO5/c1-23-15-8-9-16-13(11-15)5-4-6-17(16)21-26-20(22)14-7-10-18(24-2)19(12-14)25-3/h7-12H,4-6H2,1-3H3/b21-17-. The van der Waals surface area contributed by atoms with E-state index in [1.54, 1.807) is 25.3 Å². The average Bonchev–Trinajstić information content (AvgIpc) is 2.70. The van der Waals surface area contributed by atoms with E-state index in [1.807, 2.05) is 18.2 Å². The topological polar surface area (TPSA) is 66.4 Å². The highest BCUT2D eigenvalue weighted by molar-refractivity contribution is 6.03. The van der Waals surface area contributed by atoms with E-state index in [0.29, 0.717) is 17.1 Å². The van der Waals surface area contributed by atoms with Crippen LogP contribution in [0.5, 0.6) is 17.2 Å². The number of rotatable bonds is 5. The number of oxime groups is 1. The quantitative estimate of drug-likeness (QED) is 0.605. The second-order valence-electron chi connectivity index (χ2n) is 5.86. The Morgan fingerprint density at radius 1 is 0.923 bits per heavy atom. The number of fused-ring (bicyclic) bond motifs is 1. The zero-order chi connectivity index (χ0) is 18.5. The molecule has 0 atom stereocenters. The Balaban J connectivity index is 1.79. The van der Waals surface area contributed by atoms with Gasteiger partial charge in [-0.2, -0.15) is 0 Å². The van der Waals surface area contributed by atoms with Crippen LogP contribution in [0.1, 0.15) is 34.3 Å². The summed E-state index contributed by atoms with van der Waals surface area (Å²) in [7, 11) is 4.70. The molecule has 6 heteroatoms. The first-order valence-electron chi connectivity index (χ1n) is 8.33. The maximum absolute atomic E-state index is 12.3. The number of aryl methyl sites for hydroxylation is 1. The highest BCUT2D eigenvalue weighted by Gasteiger charge is 2.18. The molecule has 1 aliphatic carbocycles. The molecule has 26 heavy (non-hydrogen) atoms. The third-order valence-corrected chi connectivity index (χ3v) is 4.34. The van der Waals surface area contributed by atoms with Gasteiger partial charge in [0.15, 0.2) is 11.5 Å². The number of carbonyl (C=O) groups is 1. The van der Waals surface area contributed by atoms with Crippen molar-refractivity contribution in [1.82, 2.24) is 0 Å². The van der Waals surface area contributed by atoms with E-state index < -0.39 is 5.97 Å². The first-order chi connectivity index (χ1) is 12.7. The first-order valence-corrected chi connectivity index (χ1v) is 8.33. The number of hydrogen-bond acceptors (Lipinski definition) is 6. The summed E-state index contributed by atoms with van der Waals surface area (Å²) in [4.78, 5) is 17.5. The largest absolute Gasteiger partial charge is 0.497 e. The highest BCUT2D eigenvalue weighted by Crippen LogP contribution is 2.28. The van der Waals surface area contributed by atoms with Gasteiger partial charge in [0, 0.05) is 5.56 Å². The van der Waals surface area contributed by atoms with Gasteiger partial charge < -0.3 is 19.0 Å². The number of methoxy groups -OCH3 is 3. The molecule has 0 unspecified atom stereocenters. The van der Waals surface area contributed by atoms with Crippen LogP contribution in [-0.2, 0) is 11.3 Å². The molecule has 0 fully saturated rings. The lowest BCUT2D eigenvalue weighted by molar-refractivity contribution is 0.0515. The smallest absolute Gasteiger partial charge is 0.365 e. The maximum atomic E-state index is 12.3. The molecule has 0 spiro atoms. The van der Waals surface area contributed by atoms with Crippen LogP contribution in [0.15, 0.2) is 41.6 Å². The summed E-state index contributed by atoms with van der Waals surface area (Å²) >= 11 is 0. The van der Waals surface area contributed by atoms with Gasteiger partial charge in [-0.15, -0.1) is 0 Å². The third kappa shape index (κ3) is 3.64. The van der Waals surface area contributed by atoms with Crippen LogP contribution in [0.3, 0.4) is 0 Å². The van der Waals surface area contributed by atoms with Gasteiger partial charge in [0.1, 0.15) is 5.75 Å². The number of hydrogen-bond donors (Lipinski definition) is 0. The number of nitrogens with zero attached hydrogens (tertiary/aromatic N) is 1. The molecular formula is C20H21NO5. The molecular weight excluding hydrogens is 334 g/mol. The SMILES string of the molecule is COc1ccc2c(c1)CCC/C2=N/OC(=O)c1ccc(OC)c(OC)c1. The summed E-state index contributed by atoms with van der Waals surface area (Å²) in [5.74, 6) is 1.28. The number of carbonyl (C=O) groups excluding carboxylic acids is 1.